The van der Waals surface area contributed by atoms with Gasteiger partial charge in [-0.15, -0.1) is 35.3 Å². The molecule has 3 N–H and O–H groups in total. The first-order chi connectivity index (χ1) is 12.5. The van der Waals surface area contributed by atoms with Crippen LogP contribution in [0.2, 0.25) is 0 Å². The average Bonchev–Trinajstić information content (AvgIpc) is 2.97. The lowest BCUT2D eigenvalue weighted by Crippen LogP contribution is -2.43. The SMILES string of the molecule is CCNC(=NCC(=O)Nc1cccc(F)c1)NC(C)Cc1ccc(C)s1.I. The van der Waals surface area contributed by atoms with Gasteiger partial charge >= 0.3 is 0 Å². The Morgan fingerprint density at radius 3 is 2.70 bits per heavy atom. The third kappa shape index (κ3) is 8.70. The van der Waals surface area contributed by atoms with Gasteiger partial charge in [-0.05, 0) is 51.1 Å². The van der Waals surface area contributed by atoms with Crippen LogP contribution >= 0.6 is 35.3 Å². The van der Waals surface area contributed by atoms with E-state index in [0.29, 0.717) is 18.2 Å². The molecule has 148 valence electrons. The molecule has 1 aromatic heterocycles. The topological polar surface area (TPSA) is 65.5 Å². The van der Waals surface area contributed by atoms with E-state index in [-0.39, 0.29) is 48.3 Å². The van der Waals surface area contributed by atoms with E-state index in [2.05, 4.69) is 46.9 Å². The number of carbonyl (C=O) groups excluding carboxylic acids is 1. The minimum Gasteiger partial charge on any atom is -0.357 e. The average molecular weight is 504 g/mol. The van der Waals surface area contributed by atoms with Crippen molar-refractivity contribution in [3.8, 4) is 0 Å². The second-order valence-corrected chi connectivity index (χ2v) is 7.39. The Bertz CT molecular complexity index is 766. The van der Waals surface area contributed by atoms with E-state index in [4.69, 9.17) is 0 Å². The molecule has 0 fully saturated rings. The predicted octanol–water partition coefficient (Wildman–Crippen LogP) is 3.94. The van der Waals surface area contributed by atoms with Gasteiger partial charge < -0.3 is 16.0 Å². The van der Waals surface area contributed by atoms with Crippen LogP contribution in [0.1, 0.15) is 23.6 Å². The molecular formula is C19H26FIN4OS. The van der Waals surface area contributed by atoms with E-state index < -0.39 is 0 Å². The molecule has 27 heavy (non-hydrogen) atoms. The zero-order valence-electron chi connectivity index (χ0n) is 15.7. The molecule has 1 amide bonds. The first kappa shape index (κ1) is 23.4. The highest BCUT2D eigenvalue weighted by Crippen LogP contribution is 2.16. The van der Waals surface area contributed by atoms with Crippen LogP contribution in [0.3, 0.4) is 0 Å². The van der Waals surface area contributed by atoms with Gasteiger partial charge in [-0.3, -0.25) is 4.79 Å². The van der Waals surface area contributed by atoms with Gasteiger partial charge in [-0.1, -0.05) is 6.07 Å². The van der Waals surface area contributed by atoms with E-state index in [0.717, 1.165) is 6.42 Å². The number of hydrogen-bond donors (Lipinski definition) is 3. The Hall–Kier alpha value is -1.68. The van der Waals surface area contributed by atoms with Crippen LogP contribution in [0, 0.1) is 12.7 Å². The summed E-state index contributed by atoms with van der Waals surface area (Å²) in [6.45, 7) is 6.79. The van der Waals surface area contributed by atoms with E-state index in [1.165, 1.54) is 21.9 Å². The fourth-order valence-electron chi connectivity index (χ4n) is 2.42. The standard InChI is InChI=1S/C19H25FN4OS.HI/c1-4-21-19(23-13(2)10-17-9-8-14(3)26-17)22-12-18(25)24-16-7-5-6-15(20)11-16;/h5-9,11,13H,4,10,12H2,1-3H3,(H,24,25)(H2,21,22,23);1H. The highest BCUT2D eigenvalue weighted by Gasteiger charge is 2.09. The Labute approximate surface area is 180 Å². The van der Waals surface area contributed by atoms with Gasteiger partial charge in [0.15, 0.2) is 5.96 Å². The Kier molecular flexibility index (Phi) is 10.3. The number of thiophene rings is 1. The predicted molar refractivity (Wildman–Crippen MR) is 122 cm³/mol. The van der Waals surface area contributed by atoms with Gasteiger partial charge in [0.1, 0.15) is 12.4 Å². The summed E-state index contributed by atoms with van der Waals surface area (Å²) >= 11 is 1.78. The number of nitrogens with one attached hydrogen (secondary N) is 3. The lowest BCUT2D eigenvalue weighted by atomic mass is 10.2. The summed E-state index contributed by atoms with van der Waals surface area (Å²) in [5.74, 6) is -0.101. The van der Waals surface area contributed by atoms with Gasteiger partial charge in [0, 0.05) is 34.4 Å². The maximum absolute atomic E-state index is 13.2. The fourth-order valence-corrected chi connectivity index (χ4v) is 3.44. The summed E-state index contributed by atoms with van der Waals surface area (Å²) < 4.78 is 13.2. The first-order valence-corrected chi connectivity index (χ1v) is 9.43. The summed E-state index contributed by atoms with van der Waals surface area (Å²) in [7, 11) is 0. The number of anilines is 1. The van der Waals surface area contributed by atoms with Crippen molar-refractivity contribution < 1.29 is 9.18 Å². The van der Waals surface area contributed by atoms with Crippen molar-refractivity contribution in [1.82, 2.24) is 10.6 Å². The van der Waals surface area contributed by atoms with Crippen molar-refractivity contribution in [2.45, 2.75) is 33.2 Å². The number of aryl methyl sites for hydroxylation is 1. The molecule has 0 aliphatic rings. The highest BCUT2D eigenvalue weighted by atomic mass is 127. The second-order valence-electron chi connectivity index (χ2n) is 6.02. The van der Waals surface area contributed by atoms with Crippen LogP contribution < -0.4 is 16.0 Å². The number of nitrogens with zero attached hydrogens (tertiary/aromatic N) is 1. The second kappa shape index (κ2) is 11.9. The molecule has 0 saturated carbocycles. The van der Waals surface area contributed by atoms with Crippen molar-refractivity contribution >= 4 is 52.9 Å². The number of rotatable bonds is 7. The smallest absolute Gasteiger partial charge is 0.246 e. The van der Waals surface area contributed by atoms with Gasteiger partial charge in [-0.2, -0.15) is 0 Å². The minimum atomic E-state index is -0.390. The number of halogens is 2. The molecule has 5 nitrogen and oxygen atoms in total. The van der Waals surface area contributed by atoms with Gasteiger partial charge in [0.2, 0.25) is 5.91 Å². The molecule has 0 spiro atoms. The number of aliphatic imine (C=N–C) groups is 1. The molecule has 8 heteroatoms. The highest BCUT2D eigenvalue weighted by molar-refractivity contribution is 14.0. The zero-order valence-corrected chi connectivity index (χ0v) is 18.9. The molecule has 0 aliphatic carbocycles. The van der Waals surface area contributed by atoms with Crippen LogP contribution in [0.4, 0.5) is 10.1 Å². The Morgan fingerprint density at radius 2 is 2.07 bits per heavy atom. The van der Waals surface area contributed by atoms with Crippen molar-refractivity contribution in [2.24, 2.45) is 4.99 Å². The molecule has 1 heterocycles. The number of guanidine groups is 1. The zero-order chi connectivity index (χ0) is 18.9. The molecule has 1 atom stereocenters. The minimum absolute atomic E-state index is 0. The number of amides is 1. The summed E-state index contributed by atoms with van der Waals surface area (Å²) in [4.78, 5) is 18.9. The van der Waals surface area contributed by atoms with Crippen molar-refractivity contribution in [3.63, 3.8) is 0 Å². The van der Waals surface area contributed by atoms with Crippen LogP contribution in [-0.2, 0) is 11.2 Å². The Morgan fingerprint density at radius 1 is 1.30 bits per heavy atom. The third-order valence-corrected chi connectivity index (χ3v) is 4.54. The maximum atomic E-state index is 13.2. The van der Waals surface area contributed by atoms with E-state index in [1.807, 2.05) is 6.92 Å². The summed E-state index contributed by atoms with van der Waals surface area (Å²) in [6, 6.07) is 10.2. The number of hydrogen-bond acceptors (Lipinski definition) is 3. The summed E-state index contributed by atoms with van der Waals surface area (Å²) in [5.41, 5.74) is 0.421. The van der Waals surface area contributed by atoms with Crippen LogP contribution in [0.15, 0.2) is 41.4 Å². The van der Waals surface area contributed by atoms with Crippen LogP contribution in [0.25, 0.3) is 0 Å². The molecule has 0 radical (unpaired) electrons. The van der Waals surface area contributed by atoms with Crippen molar-refractivity contribution in [1.29, 1.82) is 0 Å². The number of carbonyl (C=O) groups is 1. The summed E-state index contributed by atoms with van der Waals surface area (Å²) in [6.07, 6.45) is 0.887. The van der Waals surface area contributed by atoms with E-state index in [9.17, 15) is 9.18 Å². The lowest BCUT2D eigenvalue weighted by Gasteiger charge is -2.17. The molecule has 2 aromatic rings. The monoisotopic (exact) mass is 504 g/mol. The Balaban J connectivity index is 0.00000364. The number of benzene rings is 1. The molecular weight excluding hydrogens is 478 g/mol. The molecule has 0 saturated heterocycles. The molecule has 1 unspecified atom stereocenters. The molecule has 1 aromatic carbocycles. The third-order valence-electron chi connectivity index (χ3n) is 3.52. The molecule has 0 aliphatic heterocycles. The molecule has 2 rings (SSSR count). The van der Waals surface area contributed by atoms with Gasteiger partial charge in [0.25, 0.3) is 0 Å². The van der Waals surface area contributed by atoms with Crippen LogP contribution in [0.5, 0.6) is 0 Å². The normalized spacial score (nSPS) is 12.1. The van der Waals surface area contributed by atoms with Gasteiger partial charge in [0.05, 0.1) is 0 Å². The van der Waals surface area contributed by atoms with E-state index in [1.54, 1.807) is 23.5 Å². The van der Waals surface area contributed by atoms with Crippen molar-refractivity contribution in [2.75, 3.05) is 18.4 Å². The largest absolute Gasteiger partial charge is 0.357 e. The quantitative estimate of drug-likeness (QED) is 0.304. The first-order valence-electron chi connectivity index (χ1n) is 8.62. The molecule has 0 bridgehead atoms. The van der Waals surface area contributed by atoms with Crippen molar-refractivity contribution in [3.05, 3.63) is 52.0 Å². The van der Waals surface area contributed by atoms with Gasteiger partial charge in [-0.25, -0.2) is 9.38 Å². The lowest BCUT2D eigenvalue weighted by molar-refractivity contribution is -0.114. The fraction of sp³-hybridized carbons (Fsp3) is 0.368. The van der Waals surface area contributed by atoms with E-state index >= 15 is 0 Å². The van der Waals surface area contributed by atoms with Crippen LogP contribution in [-0.4, -0.2) is 31.0 Å². The maximum Gasteiger partial charge on any atom is 0.246 e. The summed E-state index contributed by atoms with van der Waals surface area (Å²) in [5, 5.41) is 9.08.